The first-order valence-corrected chi connectivity index (χ1v) is 14.3. The Labute approximate surface area is 229 Å². The molecule has 0 aliphatic carbocycles. The number of thiophene rings is 1. The summed E-state index contributed by atoms with van der Waals surface area (Å²) in [4.78, 5) is 13.4. The molecule has 8 nitrogen and oxygen atoms in total. The van der Waals surface area contributed by atoms with Gasteiger partial charge in [0.15, 0.2) is 0 Å². The van der Waals surface area contributed by atoms with Gasteiger partial charge in [-0.15, -0.1) is 5.10 Å². The number of benzene rings is 3. The van der Waals surface area contributed by atoms with E-state index < -0.39 is 10.0 Å². The van der Waals surface area contributed by atoms with Gasteiger partial charge in [-0.25, -0.2) is 17.8 Å². The molecule has 0 bridgehead atoms. The van der Waals surface area contributed by atoms with Gasteiger partial charge in [-0.1, -0.05) is 53.2 Å². The smallest absolute Gasteiger partial charge is 0.252 e. The molecule has 0 spiro atoms. The Hall–Kier alpha value is -3.83. The second-order valence-electron chi connectivity index (χ2n) is 8.36. The van der Waals surface area contributed by atoms with Crippen LogP contribution in [-0.2, 0) is 16.6 Å². The number of sulfonamides is 1. The van der Waals surface area contributed by atoms with Crippen LogP contribution in [-0.4, -0.2) is 29.3 Å². The van der Waals surface area contributed by atoms with Crippen LogP contribution < -0.4 is 10.0 Å². The van der Waals surface area contributed by atoms with Crippen molar-refractivity contribution in [2.24, 2.45) is 0 Å². The second kappa shape index (κ2) is 11.3. The van der Waals surface area contributed by atoms with Crippen LogP contribution in [0.2, 0.25) is 5.02 Å². The highest BCUT2D eigenvalue weighted by Gasteiger charge is 2.19. The lowest BCUT2D eigenvalue weighted by molar-refractivity contribution is 0.0943. The van der Waals surface area contributed by atoms with Crippen molar-refractivity contribution in [2.75, 3.05) is 0 Å². The highest BCUT2D eigenvalue weighted by atomic mass is 35.5. The van der Waals surface area contributed by atoms with Crippen molar-refractivity contribution >= 4 is 38.9 Å². The molecule has 2 N–H and O–H groups in total. The van der Waals surface area contributed by atoms with Crippen molar-refractivity contribution in [1.82, 2.24) is 25.0 Å². The lowest BCUT2D eigenvalue weighted by Gasteiger charge is -2.19. The van der Waals surface area contributed by atoms with Gasteiger partial charge in [0, 0.05) is 10.6 Å². The van der Waals surface area contributed by atoms with E-state index in [-0.39, 0.29) is 23.4 Å². The summed E-state index contributed by atoms with van der Waals surface area (Å²) in [5.74, 6) is -0.256. The summed E-state index contributed by atoms with van der Waals surface area (Å²) in [6.07, 6.45) is 1.62. The van der Waals surface area contributed by atoms with E-state index >= 15 is 0 Å². The van der Waals surface area contributed by atoms with Crippen molar-refractivity contribution in [3.8, 4) is 5.69 Å². The average Bonchev–Trinajstić information content (AvgIpc) is 3.65. The Morgan fingerprint density at radius 1 is 0.974 bits per heavy atom. The highest BCUT2D eigenvalue weighted by molar-refractivity contribution is 7.89. The third-order valence-electron chi connectivity index (χ3n) is 5.77. The summed E-state index contributed by atoms with van der Waals surface area (Å²) in [5, 5.41) is 15.9. The third kappa shape index (κ3) is 6.00. The standard InChI is InChI=1S/C27H22ClN5O3S2/c28-22-11-9-19(10-12-22)26(21-13-14-37-18-21)30-27(34)20-5-4-6-24(15-20)33-17-23(31-32-33)16-29-38(35,36)25-7-2-1-3-8-25/h1-15,17-18,26,29H,16H2,(H,30,34). The lowest BCUT2D eigenvalue weighted by atomic mass is 10.0. The largest absolute Gasteiger partial charge is 0.341 e. The summed E-state index contributed by atoms with van der Waals surface area (Å²) in [6, 6.07) is 24.1. The molecule has 1 atom stereocenters. The fraction of sp³-hybridized carbons (Fsp3) is 0.0741. The lowest BCUT2D eigenvalue weighted by Crippen LogP contribution is -2.29. The quantitative estimate of drug-likeness (QED) is 0.263. The molecule has 5 rings (SSSR count). The number of hydrogen-bond acceptors (Lipinski definition) is 6. The number of nitrogens with zero attached hydrogens (tertiary/aromatic N) is 3. The molecule has 192 valence electrons. The summed E-state index contributed by atoms with van der Waals surface area (Å²) in [6.45, 7) is -0.0270. The van der Waals surface area contributed by atoms with Crippen LogP contribution >= 0.6 is 22.9 Å². The predicted molar refractivity (Wildman–Crippen MR) is 147 cm³/mol. The molecule has 1 amide bonds. The monoisotopic (exact) mass is 563 g/mol. The molecule has 2 aromatic heterocycles. The van der Waals surface area contributed by atoms with Crippen molar-refractivity contribution in [1.29, 1.82) is 0 Å². The van der Waals surface area contributed by atoms with E-state index in [1.54, 1.807) is 72.1 Å². The van der Waals surface area contributed by atoms with Crippen molar-refractivity contribution in [3.63, 3.8) is 0 Å². The summed E-state index contributed by atoms with van der Waals surface area (Å²) >= 11 is 7.61. The van der Waals surface area contributed by atoms with Crippen LogP contribution in [0.3, 0.4) is 0 Å². The summed E-state index contributed by atoms with van der Waals surface area (Å²) in [7, 11) is -3.67. The normalized spacial score (nSPS) is 12.2. The highest BCUT2D eigenvalue weighted by Crippen LogP contribution is 2.26. The van der Waals surface area contributed by atoms with Gasteiger partial charge >= 0.3 is 0 Å². The number of carbonyl (C=O) groups excluding carboxylic acids is 1. The molecule has 0 saturated heterocycles. The maximum Gasteiger partial charge on any atom is 0.252 e. The molecule has 2 heterocycles. The van der Waals surface area contributed by atoms with Crippen LogP contribution in [0.1, 0.15) is 33.2 Å². The molecule has 0 aliphatic heterocycles. The second-order valence-corrected chi connectivity index (χ2v) is 11.3. The fourth-order valence-corrected chi connectivity index (χ4v) is 5.65. The van der Waals surface area contributed by atoms with Crippen molar-refractivity contribution in [2.45, 2.75) is 17.5 Å². The van der Waals surface area contributed by atoms with E-state index in [1.807, 2.05) is 29.0 Å². The van der Waals surface area contributed by atoms with E-state index in [0.29, 0.717) is 22.0 Å². The minimum atomic E-state index is -3.67. The van der Waals surface area contributed by atoms with Gasteiger partial charge in [-0.3, -0.25) is 4.79 Å². The Bertz CT molecular complexity index is 1640. The molecule has 0 aliphatic rings. The Balaban J connectivity index is 1.31. The Morgan fingerprint density at radius 3 is 2.50 bits per heavy atom. The molecule has 0 fully saturated rings. The van der Waals surface area contributed by atoms with Crippen LogP contribution in [0, 0.1) is 0 Å². The maximum atomic E-state index is 13.3. The minimum Gasteiger partial charge on any atom is -0.341 e. The molecule has 0 saturated carbocycles. The molecule has 1 unspecified atom stereocenters. The first-order chi connectivity index (χ1) is 18.4. The van der Waals surface area contributed by atoms with Crippen molar-refractivity contribution < 1.29 is 13.2 Å². The zero-order valence-corrected chi connectivity index (χ0v) is 22.2. The number of aromatic nitrogens is 3. The summed E-state index contributed by atoms with van der Waals surface area (Å²) in [5.41, 5.74) is 3.37. The van der Waals surface area contributed by atoms with E-state index in [0.717, 1.165) is 11.1 Å². The SMILES string of the molecule is O=C(NC(c1ccc(Cl)cc1)c1ccsc1)c1cccc(-n2cc(CNS(=O)(=O)c3ccccc3)nn2)c1. The minimum absolute atomic E-state index is 0.0270. The number of hydrogen-bond donors (Lipinski definition) is 2. The fourth-order valence-electron chi connectivity index (χ4n) is 3.82. The zero-order valence-electron chi connectivity index (χ0n) is 19.9. The number of carbonyl (C=O) groups is 1. The van der Waals surface area contributed by atoms with E-state index in [4.69, 9.17) is 11.6 Å². The molecule has 5 aromatic rings. The van der Waals surface area contributed by atoms with Crippen LogP contribution in [0.4, 0.5) is 0 Å². The van der Waals surface area contributed by atoms with E-state index in [2.05, 4.69) is 20.4 Å². The third-order valence-corrected chi connectivity index (χ3v) is 8.14. The van der Waals surface area contributed by atoms with Gasteiger partial charge in [-0.2, -0.15) is 11.3 Å². The van der Waals surface area contributed by atoms with Crippen LogP contribution in [0.15, 0.2) is 107 Å². The molecular formula is C27H22ClN5O3S2. The van der Waals surface area contributed by atoms with Gasteiger partial charge in [-0.05, 0) is 70.4 Å². The zero-order chi connectivity index (χ0) is 26.5. The number of rotatable bonds is 9. The maximum absolute atomic E-state index is 13.3. The van der Waals surface area contributed by atoms with Gasteiger partial charge < -0.3 is 5.32 Å². The number of nitrogens with one attached hydrogen (secondary N) is 2. The van der Waals surface area contributed by atoms with E-state index in [1.165, 1.54) is 16.8 Å². The molecule has 3 aromatic carbocycles. The Morgan fingerprint density at radius 2 is 1.76 bits per heavy atom. The predicted octanol–water partition coefficient (Wildman–Crippen LogP) is 4.98. The first kappa shape index (κ1) is 25.8. The van der Waals surface area contributed by atoms with Crippen LogP contribution in [0.5, 0.6) is 0 Å². The molecular weight excluding hydrogens is 542 g/mol. The van der Waals surface area contributed by atoms with Gasteiger partial charge in [0.25, 0.3) is 5.91 Å². The van der Waals surface area contributed by atoms with Gasteiger partial charge in [0.05, 0.1) is 35.1 Å². The number of amides is 1. The molecule has 0 radical (unpaired) electrons. The van der Waals surface area contributed by atoms with E-state index in [9.17, 15) is 13.2 Å². The Kier molecular flexibility index (Phi) is 7.66. The van der Waals surface area contributed by atoms with Gasteiger partial charge in [0.1, 0.15) is 0 Å². The number of halogens is 1. The summed E-state index contributed by atoms with van der Waals surface area (Å²) < 4.78 is 29.0. The van der Waals surface area contributed by atoms with Gasteiger partial charge in [0.2, 0.25) is 10.0 Å². The average molecular weight is 564 g/mol. The van der Waals surface area contributed by atoms with Crippen LogP contribution in [0.25, 0.3) is 5.69 Å². The topological polar surface area (TPSA) is 106 Å². The molecule has 11 heteroatoms. The van der Waals surface area contributed by atoms with Crippen molar-refractivity contribution in [3.05, 3.63) is 129 Å². The first-order valence-electron chi connectivity index (χ1n) is 11.5. The molecule has 38 heavy (non-hydrogen) atoms.